The number of hydrogen-bond donors (Lipinski definition) is 1. The second-order valence-electron chi connectivity index (χ2n) is 4.54. The van der Waals surface area contributed by atoms with Gasteiger partial charge >= 0.3 is 0 Å². The lowest BCUT2D eigenvalue weighted by atomic mass is 10.0. The number of nitrogens with zero attached hydrogens (tertiary/aromatic N) is 1. The normalized spacial score (nSPS) is 22.0. The van der Waals surface area contributed by atoms with E-state index in [1.807, 2.05) is 32.9 Å². The lowest BCUT2D eigenvalue weighted by Crippen LogP contribution is -2.58. The minimum atomic E-state index is -0.341. The van der Waals surface area contributed by atoms with Crippen LogP contribution in [0, 0.1) is 5.92 Å². The summed E-state index contributed by atoms with van der Waals surface area (Å²) in [5, 5.41) is 2.75. The largest absolute Gasteiger partial charge is 0.343 e. The summed E-state index contributed by atoms with van der Waals surface area (Å²) in [6, 6.07) is -0.341. The average Bonchev–Trinajstić information content (AvgIpc) is 2.20. The fourth-order valence-corrected chi connectivity index (χ4v) is 1.79. The highest BCUT2D eigenvalue weighted by atomic mass is 16.2. The van der Waals surface area contributed by atoms with Gasteiger partial charge in [0.2, 0.25) is 11.8 Å². The lowest BCUT2D eigenvalue weighted by molar-refractivity contribution is -0.144. The van der Waals surface area contributed by atoms with Gasteiger partial charge in [-0.15, -0.1) is 0 Å². The Morgan fingerprint density at radius 1 is 1.50 bits per heavy atom. The topological polar surface area (TPSA) is 49.4 Å². The third-order valence-electron chi connectivity index (χ3n) is 2.55. The van der Waals surface area contributed by atoms with Gasteiger partial charge in [-0.2, -0.15) is 0 Å². The summed E-state index contributed by atoms with van der Waals surface area (Å²) in [7, 11) is 0. The van der Waals surface area contributed by atoms with Gasteiger partial charge in [0.05, 0.1) is 6.54 Å². The number of hydrogen-bond acceptors (Lipinski definition) is 2. The van der Waals surface area contributed by atoms with E-state index in [9.17, 15) is 9.59 Å². The first-order valence-electron chi connectivity index (χ1n) is 5.74. The maximum absolute atomic E-state index is 12.0. The molecule has 0 aliphatic carbocycles. The van der Waals surface area contributed by atoms with Gasteiger partial charge in [-0.05, 0) is 19.3 Å². The first-order chi connectivity index (χ1) is 7.54. The second-order valence-corrected chi connectivity index (χ2v) is 4.54. The van der Waals surface area contributed by atoms with E-state index in [1.54, 1.807) is 4.90 Å². The van der Waals surface area contributed by atoms with Crippen molar-refractivity contribution in [2.24, 2.45) is 5.92 Å². The van der Waals surface area contributed by atoms with Crippen LogP contribution < -0.4 is 5.32 Å². The van der Waals surface area contributed by atoms with E-state index in [2.05, 4.69) is 5.32 Å². The van der Waals surface area contributed by atoms with Gasteiger partial charge in [0.1, 0.15) is 6.04 Å². The summed E-state index contributed by atoms with van der Waals surface area (Å²) in [6.07, 6.45) is 4.48. The molecule has 1 atom stereocenters. The van der Waals surface area contributed by atoms with Crippen molar-refractivity contribution in [3.63, 3.8) is 0 Å². The van der Waals surface area contributed by atoms with Crippen molar-refractivity contribution in [1.82, 2.24) is 10.2 Å². The molecule has 1 rings (SSSR count). The number of piperazine rings is 1. The molecule has 1 unspecified atom stereocenters. The summed E-state index contributed by atoms with van der Waals surface area (Å²) >= 11 is 0. The minimum absolute atomic E-state index is 0.0337. The van der Waals surface area contributed by atoms with Crippen molar-refractivity contribution in [1.29, 1.82) is 0 Å². The van der Waals surface area contributed by atoms with Gasteiger partial charge in [-0.3, -0.25) is 9.59 Å². The molecule has 2 amide bonds. The van der Waals surface area contributed by atoms with Crippen LogP contribution in [-0.4, -0.2) is 35.8 Å². The summed E-state index contributed by atoms with van der Waals surface area (Å²) < 4.78 is 0. The van der Waals surface area contributed by atoms with Gasteiger partial charge in [-0.25, -0.2) is 0 Å². The highest BCUT2D eigenvalue weighted by molar-refractivity contribution is 5.94. The Bertz CT molecular complexity index is 297. The molecule has 0 aromatic carbocycles. The van der Waals surface area contributed by atoms with Crippen molar-refractivity contribution in [3.8, 4) is 0 Å². The molecular weight excluding hydrogens is 204 g/mol. The molecule has 0 saturated carbocycles. The van der Waals surface area contributed by atoms with E-state index in [0.717, 1.165) is 0 Å². The molecular formula is C12H20N2O2. The number of amides is 2. The van der Waals surface area contributed by atoms with Gasteiger partial charge in [0, 0.05) is 6.54 Å². The van der Waals surface area contributed by atoms with Crippen molar-refractivity contribution >= 4 is 11.8 Å². The molecule has 16 heavy (non-hydrogen) atoms. The molecule has 0 aromatic rings. The maximum Gasteiger partial charge on any atom is 0.245 e. The Morgan fingerprint density at radius 2 is 2.19 bits per heavy atom. The molecule has 1 aliphatic rings. The quantitative estimate of drug-likeness (QED) is 0.722. The van der Waals surface area contributed by atoms with E-state index >= 15 is 0 Å². The van der Waals surface area contributed by atoms with Crippen LogP contribution in [0.4, 0.5) is 0 Å². The highest BCUT2D eigenvalue weighted by Crippen LogP contribution is 2.11. The monoisotopic (exact) mass is 224 g/mol. The van der Waals surface area contributed by atoms with Crippen LogP contribution in [0.3, 0.4) is 0 Å². The molecule has 1 aliphatic heterocycles. The number of carbonyl (C=O) groups is 2. The van der Waals surface area contributed by atoms with Gasteiger partial charge in [0.25, 0.3) is 0 Å². The third kappa shape index (κ3) is 3.36. The highest BCUT2D eigenvalue weighted by Gasteiger charge is 2.31. The van der Waals surface area contributed by atoms with Crippen LogP contribution in [-0.2, 0) is 9.59 Å². The molecule has 1 fully saturated rings. The Morgan fingerprint density at radius 3 is 2.75 bits per heavy atom. The zero-order valence-corrected chi connectivity index (χ0v) is 10.2. The van der Waals surface area contributed by atoms with Gasteiger partial charge in [0.15, 0.2) is 0 Å². The molecule has 1 saturated heterocycles. The smallest absolute Gasteiger partial charge is 0.245 e. The summed E-state index contributed by atoms with van der Waals surface area (Å²) in [5.74, 6) is 0.372. The van der Waals surface area contributed by atoms with E-state index < -0.39 is 0 Å². The Hall–Kier alpha value is -1.32. The Kier molecular flexibility index (Phi) is 4.52. The van der Waals surface area contributed by atoms with E-state index in [1.165, 1.54) is 0 Å². The second kappa shape index (κ2) is 5.68. The number of carbonyl (C=O) groups excluding carboxylic acids is 2. The Balaban J connectivity index is 2.65. The van der Waals surface area contributed by atoms with Crippen LogP contribution >= 0.6 is 0 Å². The van der Waals surface area contributed by atoms with Crippen molar-refractivity contribution in [3.05, 3.63) is 12.2 Å². The molecule has 0 aromatic heterocycles. The number of rotatable bonds is 4. The zero-order valence-electron chi connectivity index (χ0n) is 10.2. The third-order valence-corrected chi connectivity index (χ3v) is 2.55. The molecule has 4 nitrogen and oxygen atoms in total. The van der Waals surface area contributed by atoms with E-state index in [-0.39, 0.29) is 24.4 Å². The molecule has 1 heterocycles. The van der Waals surface area contributed by atoms with Crippen molar-refractivity contribution in [2.45, 2.75) is 33.2 Å². The summed E-state index contributed by atoms with van der Waals surface area (Å²) in [4.78, 5) is 25.0. The molecule has 1 N–H and O–H groups in total. The maximum atomic E-state index is 12.0. The van der Waals surface area contributed by atoms with Crippen molar-refractivity contribution in [2.75, 3.05) is 13.1 Å². The SMILES string of the molecule is C/C=C/CN1CC(=O)NC(CC(C)C)C1=O. The van der Waals surface area contributed by atoms with Crippen LogP contribution in [0.15, 0.2) is 12.2 Å². The number of nitrogens with one attached hydrogen (secondary N) is 1. The van der Waals surface area contributed by atoms with Crippen LogP contribution in [0.25, 0.3) is 0 Å². The standard InChI is InChI=1S/C12H20N2O2/c1-4-5-6-14-8-11(15)13-10(12(14)16)7-9(2)3/h4-5,9-10H,6-8H2,1-3H3,(H,13,15)/b5-4+. The average molecular weight is 224 g/mol. The van der Waals surface area contributed by atoms with Gasteiger partial charge in [-0.1, -0.05) is 26.0 Å². The van der Waals surface area contributed by atoms with E-state index in [0.29, 0.717) is 18.9 Å². The van der Waals surface area contributed by atoms with E-state index in [4.69, 9.17) is 0 Å². The lowest BCUT2D eigenvalue weighted by Gasteiger charge is -2.32. The van der Waals surface area contributed by atoms with Crippen LogP contribution in [0.2, 0.25) is 0 Å². The Labute approximate surface area is 96.7 Å². The fraction of sp³-hybridized carbons (Fsp3) is 0.667. The van der Waals surface area contributed by atoms with Crippen LogP contribution in [0.5, 0.6) is 0 Å². The molecule has 0 spiro atoms. The minimum Gasteiger partial charge on any atom is -0.343 e. The summed E-state index contributed by atoms with van der Waals surface area (Å²) in [5.41, 5.74) is 0. The number of allylic oxidation sites excluding steroid dienone is 1. The predicted molar refractivity (Wildman–Crippen MR) is 62.8 cm³/mol. The fourth-order valence-electron chi connectivity index (χ4n) is 1.79. The molecule has 0 bridgehead atoms. The first-order valence-corrected chi connectivity index (χ1v) is 5.74. The predicted octanol–water partition coefficient (Wildman–Crippen LogP) is 0.936. The first kappa shape index (κ1) is 12.7. The summed E-state index contributed by atoms with van der Waals surface area (Å²) in [6.45, 7) is 6.70. The van der Waals surface area contributed by atoms with Crippen LogP contribution in [0.1, 0.15) is 27.2 Å². The molecule has 4 heteroatoms. The van der Waals surface area contributed by atoms with Gasteiger partial charge < -0.3 is 10.2 Å². The van der Waals surface area contributed by atoms with Crippen molar-refractivity contribution < 1.29 is 9.59 Å². The molecule has 90 valence electrons. The molecule has 0 radical (unpaired) electrons. The zero-order chi connectivity index (χ0) is 12.1.